The number of methoxy groups -OCH3 is 1. The molecule has 3 rings (SSSR count). The van der Waals surface area contributed by atoms with Gasteiger partial charge in [0.25, 0.3) is 0 Å². The van der Waals surface area contributed by atoms with Gasteiger partial charge in [0.1, 0.15) is 0 Å². The first-order valence-corrected chi connectivity index (χ1v) is 13.3. The molecule has 186 valence electrons. The van der Waals surface area contributed by atoms with Gasteiger partial charge in [-0.3, -0.25) is 0 Å². The fourth-order valence-electron chi connectivity index (χ4n) is 5.51. The van der Waals surface area contributed by atoms with Crippen molar-refractivity contribution in [1.29, 1.82) is 0 Å². The number of ether oxygens (including phenoxy) is 1. The van der Waals surface area contributed by atoms with E-state index in [1.807, 2.05) is 0 Å². The van der Waals surface area contributed by atoms with E-state index in [-0.39, 0.29) is 6.10 Å². The van der Waals surface area contributed by atoms with Gasteiger partial charge in [0, 0.05) is 35.5 Å². The molecule has 3 saturated carbocycles. The molecule has 3 aliphatic rings. The average molecular weight is 499 g/mol. The topological polar surface area (TPSA) is 57.2 Å². The van der Waals surface area contributed by atoms with E-state index in [0.717, 1.165) is 62.8 Å². The monoisotopic (exact) mass is 498 g/mol. The molecule has 0 bridgehead atoms. The third-order valence-electron chi connectivity index (χ3n) is 7.58. The lowest BCUT2D eigenvalue weighted by Gasteiger charge is -2.12. The molecule has 0 spiro atoms. The van der Waals surface area contributed by atoms with E-state index in [0.29, 0.717) is 23.9 Å². The zero-order chi connectivity index (χ0) is 23.4. The summed E-state index contributed by atoms with van der Waals surface area (Å²) in [6, 6.07) is 0. The molecule has 0 saturated heterocycles. The van der Waals surface area contributed by atoms with Gasteiger partial charge in [0.05, 0.1) is 32.0 Å². The summed E-state index contributed by atoms with van der Waals surface area (Å²) < 4.78 is 20.4. The Bertz CT molecular complexity index is 433. The van der Waals surface area contributed by atoms with Gasteiger partial charge < -0.3 is 23.4 Å². The number of hydrogen-bond acceptors (Lipinski definition) is 5. The minimum atomic E-state index is -0.0832. The lowest BCUT2D eigenvalue weighted by Crippen LogP contribution is -2.09. The van der Waals surface area contributed by atoms with Crippen LogP contribution in [0.4, 0.5) is 0 Å². The number of hydrogen-bond donors (Lipinski definition) is 1. The third kappa shape index (κ3) is 11.4. The first kappa shape index (κ1) is 30.1. The van der Waals surface area contributed by atoms with E-state index < -0.39 is 0 Å². The van der Waals surface area contributed by atoms with E-state index in [4.69, 9.17) is 18.3 Å². The van der Waals surface area contributed by atoms with Gasteiger partial charge in [-0.05, 0) is 80.0 Å². The van der Waals surface area contributed by atoms with Crippen molar-refractivity contribution < 1.29 is 23.4 Å². The first-order valence-electron chi connectivity index (χ1n) is 11.9. The fraction of sp³-hybridized carbons (Fsp3) is 1.00. The summed E-state index contributed by atoms with van der Waals surface area (Å²) in [6.45, 7) is 11.7. The van der Waals surface area contributed by atoms with E-state index in [1.54, 1.807) is 7.11 Å². The molecule has 3 aliphatic carbocycles. The summed E-state index contributed by atoms with van der Waals surface area (Å²) in [5.74, 6) is 5.23. The number of rotatable bonds is 7. The van der Waals surface area contributed by atoms with Crippen LogP contribution in [0.1, 0.15) is 66.2 Å². The van der Waals surface area contributed by atoms with E-state index in [1.165, 1.54) is 19.3 Å². The lowest BCUT2D eigenvalue weighted by atomic mass is 10.00. The smallest absolute Gasteiger partial charge is 0.0577 e. The van der Waals surface area contributed by atoms with Gasteiger partial charge in [-0.2, -0.15) is 0 Å². The molecule has 5 nitrogen and oxygen atoms in total. The molecule has 0 aliphatic heterocycles. The van der Waals surface area contributed by atoms with Crippen LogP contribution in [0.3, 0.4) is 0 Å². The lowest BCUT2D eigenvalue weighted by molar-refractivity contribution is 0.102. The quantitative estimate of drug-likeness (QED) is 0.468. The van der Waals surface area contributed by atoms with Gasteiger partial charge in [-0.15, -0.1) is 0 Å². The molecule has 0 heterocycles. The van der Waals surface area contributed by atoms with Crippen molar-refractivity contribution in [2.45, 2.75) is 78.4 Å². The molecule has 3 fully saturated rings. The molecule has 0 amide bonds. The molecular weight excluding hydrogens is 449 g/mol. The minimum absolute atomic E-state index is 0.0832. The maximum absolute atomic E-state index is 9.23. The van der Waals surface area contributed by atoms with E-state index >= 15 is 0 Å². The Morgan fingerprint density at radius 2 is 1.10 bits per heavy atom. The second kappa shape index (κ2) is 16.7. The second-order valence-corrected chi connectivity index (χ2v) is 11.2. The minimum Gasteiger partial charge on any atom is -0.393 e. The third-order valence-corrected chi connectivity index (χ3v) is 8.15. The van der Waals surface area contributed by atoms with E-state index in [2.05, 4.69) is 56.1 Å². The standard InChI is InChI=1S/C8H17O2P.C8H17OP.C7H15O2P/c1-6-3-8(9-2)4-7(6)5-10-11;1-6-3-7(2)8(4-6)5-9-10;1-5-2-7(8)3-6(5)4-9-10/h6-8H,3-5,11H2,1-2H3;6-8H,3-5,10H2,1-2H3;5-8H,2-4,10H2,1H3. The normalized spacial score (nSPS) is 39.6. The summed E-state index contributed by atoms with van der Waals surface area (Å²) in [5.41, 5.74) is 0. The van der Waals surface area contributed by atoms with Gasteiger partial charge >= 0.3 is 0 Å². The molecule has 0 aromatic rings. The van der Waals surface area contributed by atoms with Gasteiger partial charge in [0.2, 0.25) is 0 Å². The van der Waals surface area contributed by atoms with Gasteiger partial charge in [-0.25, -0.2) is 0 Å². The van der Waals surface area contributed by atoms with Crippen LogP contribution in [0.15, 0.2) is 0 Å². The molecule has 12 unspecified atom stereocenters. The Labute approximate surface area is 198 Å². The molecule has 0 aromatic carbocycles. The average Bonchev–Trinajstić information content (AvgIpc) is 3.34. The number of aliphatic hydroxyl groups excluding tert-OH is 1. The maximum atomic E-state index is 9.23. The fourth-order valence-corrected chi connectivity index (χ4v) is 6.25. The predicted octanol–water partition coefficient (Wildman–Crippen LogP) is 5.53. The van der Waals surface area contributed by atoms with Crippen LogP contribution in [0.25, 0.3) is 0 Å². The molecule has 1 N–H and O–H groups in total. The van der Waals surface area contributed by atoms with Crippen LogP contribution in [0.2, 0.25) is 0 Å². The highest BCUT2D eigenvalue weighted by molar-refractivity contribution is 7.10. The molecule has 0 aromatic heterocycles. The van der Waals surface area contributed by atoms with Crippen molar-refractivity contribution in [3.63, 3.8) is 0 Å². The van der Waals surface area contributed by atoms with Crippen LogP contribution < -0.4 is 0 Å². The maximum Gasteiger partial charge on any atom is 0.0577 e. The highest BCUT2D eigenvalue weighted by Crippen LogP contribution is 2.36. The van der Waals surface area contributed by atoms with Crippen LogP contribution >= 0.6 is 28.4 Å². The number of aliphatic hydroxyl groups is 1. The Balaban J connectivity index is 0.000000233. The second-order valence-electron chi connectivity index (χ2n) is 10.2. The summed E-state index contributed by atoms with van der Waals surface area (Å²) in [6.07, 6.45) is 7.33. The van der Waals surface area contributed by atoms with Crippen molar-refractivity contribution >= 4 is 28.4 Å². The summed E-state index contributed by atoms with van der Waals surface area (Å²) >= 11 is 0. The predicted molar refractivity (Wildman–Crippen MR) is 139 cm³/mol. The zero-order valence-corrected chi connectivity index (χ0v) is 23.8. The zero-order valence-electron chi connectivity index (χ0n) is 20.4. The Morgan fingerprint density at radius 3 is 1.45 bits per heavy atom. The van der Waals surface area contributed by atoms with Crippen molar-refractivity contribution in [2.75, 3.05) is 26.9 Å². The van der Waals surface area contributed by atoms with Crippen molar-refractivity contribution in [3.05, 3.63) is 0 Å². The van der Waals surface area contributed by atoms with Crippen LogP contribution in [-0.4, -0.2) is 44.2 Å². The van der Waals surface area contributed by atoms with Gasteiger partial charge in [0.15, 0.2) is 0 Å². The molecule has 8 heteroatoms. The highest BCUT2D eigenvalue weighted by atomic mass is 31.0. The van der Waals surface area contributed by atoms with Crippen LogP contribution in [0, 0.1) is 41.4 Å². The Kier molecular flexibility index (Phi) is 16.2. The van der Waals surface area contributed by atoms with Crippen molar-refractivity contribution in [1.82, 2.24) is 0 Å². The highest BCUT2D eigenvalue weighted by Gasteiger charge is 2.31. The van der Waals surface area contributed by atoms with E-state index in [9.17, 15) is 5.11 Å². The largest absolute Gasteiger partial charge is 0.393 e. The Morgan fingerprint density at radius 1 is 0.645 bits per heavy atom. The van der Waals surface area contributed by atoms with Crippen molar-refractivity contribution in [2.24, 2.45) is 41.4 Å². The summed E-state index contributed by atoms with van der Waals surface area (Å²) in [5, 5.41) is 9.23. The van der Waals surface area contributed by atoms with Crippen LogP contribution in [-0.2, 0) is 18.3 Å². The SMILES string of the molecule is CC1CC(C)C(COP)C1.CC1CC(O)CC1COP.COC1CC(C)C(COP)C1. The van der Waals surface area contributed by atoms with Gasteiger partial charge in [-0.1, -0.05) is 27.7 Å². The van der Waals surface area contributed by atoms with Crippen LogP contribution in [0.5, 0.6) is 0 Å². The molecule has 31 heavy (non-hydrogen) atoms. The molecular formula is C23H49O5P3. The molecule has 12 atom stereocenters. The first-order chi connectivity index (χ1) is 14.7. The molecule has 0 radical (unpaired) electrons. The van der Waals surface area contributed by atoms with Crippen molar-refractivity contribution in [3.8, 4) is 0 Å². The summed E-state index contributed by atoms with van der Waals surface area (Å²) in [4.78, 5) is 0. The summed E-state index contributed by atoms with van der Waals surface area (Å²) in [7, 11) is 8.70. The Hall–Kier alpha value is 1.09.